The Morgan fingerprint density at radius 1 is 1.04 bits per heavy atom. The molecule has 0 saturated carbocycles. The molecular formula is C22H29N3O2. The van der Waals surface area contributed by atoms with E-state index < -0.39 is 0 Å². The number of hydrogen-bond acceptors (Lipinski definition) is 2. The van der Waals surface area contributed by atoms with Crippen LogP contribution in [0.4, 0.5) is 0 Å². The van der Waals surface area contributed by atoms with Crippen LogP contribution in [0.25, 0.3) is 0 Å². The molecule has 1 N–H and O–H groups in total. The quantitative estimate of drug-likeness (QED) is 0.906. The van der Waals surface area contributed by atoms with E-state index in [1.807, 2.05) is 9.80 Å². The van der Waals surface area contributed by atoms with E-state index in [2.05, 4.69) is 50.9 Å². The van der Waals surface area contributed by atoms with Crippen molar-refractivity contribution in [3.05, 3.63) is 58.9 Å². The highest BCUT2D eigenvalue weighted by molar-refractivity contribution is 5.94. The number of hydrogen-bond donors (Lipinski definition) is 1. The van der Waals surface area contributed by atoms with Crippen molar-refractivity contribution < 1.29 is 9.59 Å². The van der Waals surface area contributed by atoms with E-state index in [9.17, 15) is 9.59 Å². The molecule has 1 fully saturated rings. The molecule has 0 spiro atoms. The number of benzene rings is 1. The predicted octanol–water partition coefficient (Wildman–Crippen LogP) is 3.15. The van der Waals surface area contributed by atoms with Crippen molar-refractivity contribution >= 4 is 11.8 Å². The van der Waals surface area contributed by atoms with Gasteiger partial charge < -0.3 is 14.8 Å². The predicted molar refractivity (Wildman–Crippen MR) is 107 cm³/mol. The summed E-state index contributed by atoms with van der Waals surface area (Å²) >= 11 is 0. The third kappa shape index (κ3) is 4.41. The van der Waals surface area contributed by atoms with Crippen LogP contribution < -0.4 is 0 Å². The molecule has 1 aromatic heterocycles. The van der Waals surface area contributed by atoms with Crippen LogP contribution in [0.15, 0.2) is 36.7 Å². The number of piperazine rings is 1. The zero-order chi connectivity index (χ0) is 19.6. The topological polar surface area (TPSA) is 56.4 Å². The first-order valence-electron chi connectivity index (χ1n) is 9.55. The lowest BCUT2D eigenvalue weighted by atomic mass is 9.85. The fourth-order valence-corrected chi connectivity index (χ4v) is 3.40. The molecule has 144 valence electrons. The average molecular weight is 367 g/mol. The molecule has 0 bridgehead atoms. The van der Waals surface area contributed by atoms with E-state index in [0.29, 0.717) is 38.2 Å². The minimum absolute atomic E-state index is 0.0251. The third-order valence-corrected chi connectivity index (χ3v) is 5.32. The molecule has 0 aliphatic carbocycles. The summed E-state index contributed by atoms with van der Waals surface area (Å²) in [4.78, 5) is 31.8. The molecule has 27 heavy (non-hydrogen) atoms. The van der Waals surface area contributed by atoms with E-state index in [1.54, 1.807) is 18.5 Å². The monoisotopic (exact) mass is 367 g/mol. The van der Waals surface area contributed by atoms with Crippen LogP contribution in [-0.2, 0) is 16.6 Å². The number of amides is 2. The molecular weight excluding hydrogens is 338 g/mol. The van der Waals surface area contributed by atoms with Gasteiger partial charge in [0.05, 0.1) is 12.0 Å². The molecule has 3 rings (SSSR count). The van der Waals surface area contributed by atoms with Crippen LogP contribution in [-0.4, -0.2) is 52.8 Å². The smallest absolute Gasteiger partial charge is 0.255 e. The third-order valence-electron chi connectivity index (χ3n) is 5.32. The Labute approximate surface area is 161 Å². The summed E-state index contributed by atoms with van der Waals surface area (Å²) < 4.78 is 0. The Kier molecular flexibility index (Phi) is 5.40. The fraction of sp³-hybridized carbons (Fsp3) is 0.455. The van der Waals surface area contributed by atoms with Crippen molar-refractivity contribution in [2.45, 2.75) is 39.5 Å². The average Bonchev–Trinajstić information content (AvgIpc) is 3.16. The summed E-state index contributed by atoms with van der Waals surface area (Å²) in [7, 11) is 0. The number of carbonyl (C=O) groups is 2. The highest BCUT2D eigenvalue weighted by Crippen LogP contribution is 2.25. The molecule has 5 nitrogen and oxygen atoms in total. The highest BCUT2D eigenvalue weighted by Gasteiger charge is 2.25. The van der Waals surface area contributed by atoms with Gasteiger partial charge in [-0.05, 0) is 35.1 Å². The number of H-pyrrole nitrogens is 1. The van der Waals surface area contributed by atoms with Crippen LogP contribution in [0.3, 0.4) is 0 Å². The van der Waals surface area contributed by atoms with Crippen molar-refractivity contribution in [2.24, 2.45) is 0 Å². The minimum atomic E-state index is 0.0251. The molecule has 2 heterocycles. The van der Waals surface area contributed by atoms with Crippen LogP contribution in [0.2, 0.25) is 0 Å². The second-order valence-corrected chi connectivity index (χ2v) is 8.34. The molecule has 0 radical (unpaired) electrons. The van der Waals surface area contributed by atoms with E-state index in [1.165, 1.54) is 5.56 Å². The second-order valence-electron chi connectivity index (χ2n) is 8.34. The summed E-state index contributed by atoms with van der Waals surface area (Å²) in [6.45, 7) is 11.0. The first kappa shape index (κ1) is 19.2. The van der Waals surface area contributed by atoms with Crippen molar-refractivity contribution in [2.75, 3.05) is 26.2 Å². The van der Waals surface area contributed by atoms with E-state index in [-0.39, 0.29) is 17.2 Å². The van der Waals surface area contributed by atoms with Gasteiger partial charge in [-0.15, -0.1) is 0 Å². The summed E-state index contributed by atoms with van der Waals surface area (Å²) in [6.07, 6.45) is 3.88. The fourth-order valence-electron chi connectivity index (χ4n) is 3.40. The maximum Gasteiger partial charge on any atom is 0.255 e. The Bertz CT molecular complexity index is 811. The van der Waals surface area contributed by atoms with Gasteiger partial charge in [-0.2, -0.15) is 0 Å². The van der Waals surface area contributed by atoms with Gasteiger partial charge in [-0.25, -0.2) is 0 Å². The standard InChI is InChI=1S/C22H29N3O2/c1-16-5-6-19(22(2,3)4)13-18(16)14-20(26)24-9-11-25(12-10-24)21(27)17-7-8-23-15-17/h5-8,13,15,23H,9-12,14H2,1-4H3. The first-order valence-corrected chi connectivity index (χ1v) is 9.55. The van der Waals surface area contributed by atoms with Crippen LogP contribution >= 0.6 is 0 Å². The molecule has 1 saturated heterocycles. The number of aromatic nitrogens is 1. The van der Waals surface area contributed by atoms with Gasteiger partial charge in [-0.3, -0.25) is 9.59 Å². The number of rotatable bonds is 3. The van der Waals surface area contributed by atoms with Gasteiger partial charge in [0.1, 0.15) is 0 Å². The Morgan fingerprint density at radius 2 is 1.70 bits per heavy atom. The molecule has 1 aliphatic rings. The summed E-state index contributed by atoms with van der Waals surface area (Å²) in [6, 6.07) is 8.20. The lowest BCUT2D eigenvalue weighted by Crippen LogP contribution is -2.51. The Morgan fingerprint density at radius 3 is 2.30 bits per heavy atom. The summed E-state index contributed by atoms with van der Waals surface area (Å²) in [5, 5.41) is 0. The number of nitrogens with one attached hydrogen (secondary N) is 1. The van der Waals surface area contributed by atoms with Crippen molar-refractivity contribution in [3.8, 4) is 0 Å². The molecule has 2 aromatic rings. The summed E-state index contributed by atoms with van der Waals surface area (Å²) in [5.41, 5.74) is 4.23. The van der Waals surface area contributed by atoms with Crippen LogP contribution in [0, 0.1) is 6.92 Å². The number of nitrogens with zero attached hydrogens (tertiary/aromatic N) is 2. The number of carbonyl (C=O) groups excluding carboxylic acids is 2. The van der Waals surface area contributed by atoms with Crippen LogP contribution in [0.5, 0.6) is 0 Å². The summed E-state index contributed by atoms with van der Waals surface area (Å²) in [5.74, 6) is 0.162. The van der Waals surface area contributed by atoms with Crippen molar-refractivity contribution in [1.82, 2.24) is 14.8 Å². The SMILES string of the molecule is Cc1ccc(C(C)(C)C)cc1CC(=O)N1CCN(C(=O)c2cc[nH]c2)CC1. The zero-order valence-electron chi connectivity index (χ0n) is 16.7. The van der Waals surface area contributed by atoms with Gasteiger partial charge in [0.15, 0.2) is 0 Å². The number of aryl methyl sites for hydroxylation is 1. The first-order chi connectivity index (χ1) is 12.8. The second kappa shape index (κ2) is 7.59. The van der Waals surface area contributed by atoms with Gasteiger partial charge in [0.25, 0.3) is 5.91 Å². The maximum atomic E-state index is 12.8. The molecule has 0 atom stereocenters. The minimum Gasteiger partial charge on any atom is -0.367 e. The van der Waals surface area contributed by atoms with Gasteiger partial charge in [-0.1, -0.05) is 39.0 Å². The molecule has 1 aromatic carbocycles. The van der Waals surface area contributed by atoms with Crippen molar-refractivity contribution in [3.63, 3.8) is 0 Å². The van der Waals surface area contributed by atoms with E-state index in [0.717, 1.165) is 11.1 Å². The van der Waals surface area contributed by atoms with E-state index >= 15 is 0 Å². The van der Waals surface area contributed by atoms with Gasteiger partial charge in [0, 0.05) is 38.6 Å². The Hall–Kier alpha value is -2.56. The molecule has 2 amide bonds. The van der Waals surface area contributed by atoms with Gasteiger partial charge in [0.2, 0.25) is 5.91 Å². The van der Waals surface area contributed by atoms with Crippen molar-refractivity contribution in [1.29, 1.82) is 0 Å². The largest absolute Gasteiger partial charge is 0.367 e. The van der Waals surface area contributed by atoms with E-state index in [4.69, 9.17) is 0 Å². The molecule has 1 aliphatic heterocycles. The lowest BCUT2D eigenvalue weighted by molar-refractivity contribution is -0.131. The molecule has 5 heteroatoms. The Balaban J connectivity index is 1.61. The van der Waals surface area contributed by atoms with Crippen LogP contribution in [0.1, 0.15) is 47.8 Å². The van der Waals surface area contributed by atoms with Gasteiger partial charge >= 0.3 is 0 Å². The highest BCUT2D eigenvalue weighted by atomic mass is 16.2. The molecule has 0 unspecified atom stereocenters. The normalized spacial score (nSPS) is 15.1. The lowest BCUT2D eigenvalue weighted by Gasteiger charge is -2.35. The number of aromatic amines is 1. The zero-order valence-corrected chi connectivity index (χ0v) is 16.7. The maximum absolute atomic E-state index is 12.8.